The number of thiophene rings is 1. The van der Waals surface area contributed by atoms with Crippen molar-refractivity contribution in [2.45, 2.75) is 0 Å². The molecule has 0 bridgehead atoms. The standard InChI is InChI=1S/C8H7NO2S/c1-9-3-2-5-4-6(8(10)11)12-7(5)9/h2-4H,1H3,(H,10,11). The molecule has 4 heteroatoms. The van der Waals surface area contributed by atoms with Crippen LogP contribution in [0.1, 0.15) is 9.67 Å². The summed E-state index contributed by atoms with van der Waals surface area (Å²) in [7, 11) is 1.91. The van der Waals surface area contributed by atoms with Gasteiger partial charge in [0.2, 0.25) is 0 Å². The van der Waals surface area contributed by atoms with Gasteiger partial charge in [-0.15, -0.1) is 11.3 Å². The Morgan fingerprint density at radius 1 is 1.67 bits per heavy atom. The number of aromatic carboxylic acids is 1. The van der Waals surface area contributed by atoms with Gasteiger partial charge in [-0.25, -0.2) is 4.79 Å². The van der Waals surface area contributed by atoms with Crippen molar-refractivity contribution in [3.05, 3.63) is 23.2 Å². The lowest BCUT2D eigenvalue weighted by molar-refractivity contribution is 0.0702. The summed E-state index contributed by atoms with van der Waals surface area (Å²) in [6.45, 7) is 0. The predicted octanol–water partition coefficient (Wildman–Crippen LogP) is 1.94. The molecule has 62 valence electrons. The van der Waals surface area contributed by atoms with E-state index in [1.165, 1.54) is 11.3 Å². The van der Waals surface area contributed by atoms with Crippen molar-refractivity contribution in [2.75, 3.05) is 0 Å². The largest absolute Gasteiger partial charge is 0.477 e. The fraction of sp³-hybridized carbons (Fsp3) is 0.125. The first kappa shape index (κ1) is 7.36. The van der Waals surface area contributed by atoms with Crippen LogP contribution in [-0.2, 0) is 7.05 Å². The molecule has 0 aliphatic carbocycles. The molecule has 0 spiro atoms. The van der Waals surface area contributed by atoms with E-state index < -0.39 is 5.97 Å². The van der Waals surface area contributed by atoms with Crippen molar-refractivity contribution in [1.82, 2.24) is 4.57 Å². The Morgan fingerprint density at radius 2 is 2.42 bits per heavy atom. The Balaban J connectivity index is 2.70. The molecule has 1 N–H and O–H groups in total. The van der Waals surface area contributed by atoms with Gasteiger partial charge in [0.05, 0.1) is 0 Å². The van der Waals surface area contributed by atoms with Crippen LogP contribution >= 0.6 is 11.3 Å². The van der Waals surface area contributed by atoms with E-state index in [-0.39, 0.29) is 0 Å². The minimum Gasteiger partial charge on any atom is -0.477 e. The molecule has 12 heavy (non-hydrogen) atoms. The Morgan fingerprint density at radius 3 is 3.00 bits per heavy atom. The molecule has 3 nitrogen and oxygen atoms in total. The number of nitrogens with zero attached hydrogens (tertiary/aromatic N) is 1. The summed E-state index contributed by atoms with van der Waals surface area (Å²) in [6.07, 6.45) is 1.92. The zero-order chi connectivity index (χ0) is 8.72. The minimum atomic E-state index is -0.851. The smallest absolute Gasteiger partial charge is 0.345 e. The second-order valence-corrected chi connectivity index (χ2v) is 3.63. The maximum Gasteiger partial charge on any atom is 0.345 e. The van der Waals surface area contributed by atoms with Crippen molar-refractivity contribution >= 4 is 27.5 Å². The normalized spacial score (nSPS) is 10.8. The van der Waals surface area contributed by atoms with E-state index in [0.717, 1.165) is 10.2 Å². The number of hydrogen-bond acceptors (Lipinski definition) is 2. The lowest BCUT2D eigenvalue weighted by Crippen LogP contribution is -1.89. The van der Waals surface area contributed by atoms with E-state index >= 15 is 0 Å². The zero-order valence-corrected chi connectivity index (χ0v) is 7.26. The van der Waals surface area contributed by atoms with Crippen molar-refractivity contribution in [2.24, 2.45) is 7.05 Å². The Bertz CT molecular complexity index is 441. The van der Waals surface area contributed by atoms with E-state index in [1.54, 1.807) is 6.07 Å². The fourth-order valence-electron chi connectivity index (χ4n) is 1.16. The number of carboxylic acids is 1. The van der Waals surface area contributed by atoms with Crippen LogP contribution in [0, 0.1) is 0 Å². The average molecular weight is 181 g/mol. The summed E-state index contributed by atoms with van der Waals surface area (Å²) >= 11 is 1.30. The third kappa shape index (κ3) is 0.921. The van der Waals surface area contributed by atoms with Gasteiger partial charge in [0, 0.05) is 18.6 Å². The van der Waals surface area contributed by atoms with Crippen LogP contribution < -0.4 is 0 Å². The maximum atomic E-state index is 10.6. The molecule has 0 amide bonds. The van der Waals surface area contributed by atoms with E-state index in [1.807, 2.05) is 23.9 Å². The molecule has 2 heterocycles. The van der Waals surface area contributed by atoms with E-state index in [0.29, 0.717) is 4.88 Å². The van der Waals surface area contributed by atoms with Gasteiger partial charge >= 0.3 is 5.97 Å². The molecule has 0 aromatic carbocycles. The number of aryl methyl sites for hydroxylation is 1. The van der Waals surface area contributed by atoms with Gasteiger partial charge < -0.3 is 9.67 Å². The molecule has 0 saturated heterocycles. The monoisotopic (exact) mass is 181 g/mol. The van der Waals surface area contributed by atoms with E-state index in [2.05, 4.69) is 0 Å². The van der Waals surface area contributed by atoms with Crippen LogP contribution in [0.4, 0.5) is 0 Å². The van der Waals surface area contributed by atoms with Gasteiger partial charge in [0.15, 0.2) is 0 Å². The summed E-state index contributed by atoms with van der Waals surface area (Å²) in [5.74, 6) is -0.851. The van der Waals surface area contributed by atoms with Crippen LogP contribution in [0.3, 0.4) is 0 Å². The number of rotatable bonds is 1. The van der Waals surface area contributed by atoms with Crippen molar-refractivity contribution in [3.63, 3.8) is 0 Å². The number of hydrogen-bond donors (Lipinski definition) is 1. The Kier molecular flexibility index (Phi) is 1.44. The second kappa shape index (κ2) is 2.35. The molecular formula is C8H7NO2S. The minimum absolute atomic E-state index is 0.399. The van der Waals surface area contributed by atoms with Crippen LogP contribution in [0.5, 0.6) is 0 Å². The highest BCUT2D eigenvalue weighted by Gasteiger charge is 2.09. The molecule has 0 fully saturated rings. The zero-order valence-electron chi connectivity index (χ0n) is 6.44. The Hall–Kier alpha value is -1.29. The van der Waals surface area contributed by atoms with Crippen molar-refractivity contribution in [1.29, 1.82) is 0 Å². The third-order valence-corrected chi connectivity index (χ3v) is 2.98. The molecular weight excluding hydrogens is 174 g/mol. The van der Waals surface area contributed by atoms with Crippen molar-refractivity contribution in [3.8, 4) is 0 Å². The summed E-state index contributed by atoms with van der Waals surface area (Å²) in [6, 6.07) is 3.61. The molecule has 0 aliphatic rings. The van der Waals surface area contributed by atoms with Crippen LogP contribution in [0.25, 0.3) is 10.2 Å². The van der Waals surface area contributed by atoms with E-state index in [4.69, 9.17) is 5.11 Å². The van der Waals surface area contributed by atoms with Gasteiger partial charge in [-0.2, -0.15) is 0 Å². The van der Waals surface area contributed by atoms with Crippen LogP contribution in [0.15, 0.2) is 18.3 Å². The highest BCUT2D eigenvalue weighted by molar-refractivity contribution is 7.20. The van der Waals surface area contributed by atoms with Gasteiger partial charge in [0.1, 0.15) is 9.71 Å². The van der Waals surface area contributed by atoms with Crippen LogP contribution in [0.2, 0.25) is 0 Å². The molecule has 2 aromatic heterocycles. The Labute approximate surface area is 72.9 Å². The maximum absolute atomic E-state index is 10.6. The number of fused-ring (bicyclic) bond motifs is 1. The highest BCUT2D eigenvalue weighted by Crippen LogP contribution is 2.25. The highest BCUT2D eigenvalue weighted by atomic mass is 32.1. The summed E-state index contributed by atoms with van der Waals surface area (Å²) in [5, 5.41) is 9.70. The fourth-order valence-corrected chi connectivity index (χ4v) is 2.09. The molecule has 0 atom stereocenters. The predicted molar refractivity (Wildman–Crippen MR) is 47.8 cm³/mol. The molecule has 0 unspecified atom stereocenters. The third-order valence-electron chi connectivity index (χ3n) is 1.75. The quantitative estimate of drug-likeness (QED) is 0.730. The van der Waals surface area contributed by atoms with Gasteiger partial charge in [0.25, 0.3) is 0 Å². The topological polar surface area (TPSA) is 42.2 Å². The summed E-state index contributed by atoms with van der Waals surface area (Å²) < 4.78 is 1.92. The lowest BCUT2D eigenvalue weighted by atomic mass is 10.4. The van der Waals surface area contributed by atoms with Crippen molar-refractivity contribution < 1.29 is 9.90 Å². The molecule has 0 radical (unpaired) electrons. The van der Waals surface area contributed by atoms with Gasteiger partial charge in [-0.05, 0) is 12.1 Å². The first-order valence-corrected chi connectivity index (χ1v) is 4.28. The molecule has 2 rings (SSSR count). The molecule has 2 aromatic rings. The van der Waals surface area contributed by atoms with Gasteiger partial charge in [-0.3, -0.25) is 0 Å². The summed E-state index contributed by atoms with van der Waals surface area (Å²) in [4.78, 5) is 12.0. The first-order chi connectivity index (χ1) is 5.68. The SMILES string of the molecule is Cn1ccc2cc(C(=O)O)sc21. The molecule has 0 aliphatic heterocycles. The van der Waals surface area contributed by atoms with Gasteiger partial charge in [-0.1, -0.05) is 0 Å². The first-order valence-electron chi connectivity index (χ1n) is 3.46. The molecule has 0 saturated carbocycles. The second-order valence-electron chi connectivity index (χ2n) is 2.60. The number of aromatic nitrogens is 1. The average Bonchev–Trinajstić information content (AvgIpc) is 2.53. The lowest BCUT2D eigenvalue weighted by Gasteiger charge is -1.87. The van der Waals surface area contributed by atoms with Crippen LogP contribution in [-0.4, -0.2) is 15.6 Å². The number of carboxylic acid groups (broad SMARTS) is 1. The van der Waals surface area contributed by atoms with E-state index in [9.17, 15) is 4.79 Å². The summed E-state index contributed by atoms with van der Waals surface area (Å²) in [5.41, 5.74) is 0. The number of carbonyl (C=O) groups is 1.